The molecule has 0 aliphatic heterocycles. The molecule has 1 aromatic carbocycles. The highest BCUT2D eigenvalue weighted by Crippen LogP contribution is 2.45. The predicted octanol–water partition coefficient (Wildman–Crippen LogP) is 5.76. The van der Waals surface area contributed by atoms with Crippen molar-refractivity contribution in [3.8, 4) is 11.1 Å². The fraction of sp³-hybridized carbons (Fsp3) is 0.500. The SMILES string of the molecule is COC(=O)c1c(NC(=O)C(C)(C)C)ccc(-c2ccoc2C(O[SiH](C)C)C(C)(C)C)c1NC(C)=O. The summed E-state index contributed by atoms with van der Waals surface area (Å²) in [7, 11) is -0.195. The molecular weight excluding hydrogens is 464 g/mol. The van der Waals surface area contributed by atoms with E-state index < -0.39 is 20.4 Å². The number of anilines is 2. The number of carbonyl (C=O) groups excluding carboxylic acids is 3. The first-order valence-corrected chi connectivity index (χ1v) is 14.4. The zero-order valence-electron chi connectivity index (χ0n) is 22.4. The van der Waals surface area contributed by atoms with Crippen LogP contribution in [0.25, 0.3) is 11.1 Å². The number of nitrogens with one attached hydrogen (secondary N) is 2. The van der Waals surface area contributed by atoms with Crippen LogP contribution in [0.3, 0.4) is 0 Å². The lowest BCUT2D eigenvalue weighted by Gasteiger charge is -2.32. The number of hydrogen-bond donors (Lipinski definition) is 2. The number of rotatable bonds is 7. The maximum Gasteiger partial charge on any atom is 0.342 e. The van der Waals surface area contributed by atoms with Crippen molar-refractivity contribution >= 4 is 38.2 Å². The van der Waals surface area contributed by atoms with Gasteiger partial charge in [-0.15, -0.1) is 0 Å². The number of methoxy groups -OCH3 is 1. The van der Waals surface area contributed by atoms with Crippen LogP contribution in [0.1, 0.15) is 70.7 Å². The Morgan fingerprint density at radius 2 is 1.60 bits per heavy atom. The van der Waals surface area contributed by atoms with Gasteiger partial charge in [0, 0.05) is 23.5 Å². The normalized spacial score (nSPS) is 12.9. The summed E-state index contributed by atoms with van der Waals surface area (Å²) < 4.78 is 17.3. The fourth-order valence-corrected chi connectivity index (χ4v) is 4.62. The van der Waals surface area contributed by atoms with E-state index in [9.17, 15) is 14.4 Å². The summed E-state index contributed by atoms with van der Waals surface area (Å²) >= 11 is 0. The summed E-state index contributed by atoms with van der Waals surface area (Å²) in [5.74, 6) is -0.745. The van der Waals surface area contributed by atoms with Gasteiger partial charge in [-0.1, -0.05) is 47.6 Å². The predicted molar refractivity (Wildman–Crippen MR) is 140 cm³/mol. The van der Waals surface area contributed by atoms with Crippen LogP contribution < -0.4 is 10.6 Å². The van der Waals surface area contributed by atoms with Gasteiger partial charge in [-0.2, -0.15) is 0 Å². The molecule has 1 aromatic heterocycles. The highest BCUT2D eigenvalue weighted by atomic mass is 28.3. The van der Waals surface area contributed by atoms with Crippen LogP contribution in [0.5, 0.6) is 0 Å². The summed E-state index contributed by atoms with van der Waals surface area (Å²) in [5, 5.41) is 5.58. The van der Waals surface area contributed by atoms with Crippen LogP contribution >= 0.6 is 0 Å². The Morgan fingerprint density at radius 3 is 2.09 bits per heavy atom. The van der Waals surface area contributed by atoms with Gasteiger partial charge in [0.1, 0.15) is 17.4 Å². The first-order valence-electron chi connectivity index (χ1n) is 11.7. The van der Waals surface area contributed by atoms with Crippen molar-refractivity contribution in [2.45, 2.75) is 67.7 Å². The van der Waals surface area contributed by atoms with E-state index in [4.69, 9.17) is 13.6 Å². The molecule has 9 heteroatoms. The average molecular weight is 503 g/mol. The van der Waals surface area contributed by atoms with Crippen LogP contribution in [0.2, 0.25) is 13.1 Å². The smallest absolute Gasteiger partial charge is 0.342 e. The van der Waals surface area contributed by atoms with Gasteiger partial charge in [0.15, 0.2) is 9.04 Å². The van der Waals surface area contributed by atoms with Crippen molar-refractivity contribution < 1.29 is 28.0 Å². The molecule has 0 saturated heterocycles. The lowest BCUT2D eigenvalue weighted by atomic mass is 9.85. The molecule has 1 unspecified atom stereocenters. The van der Waals surface area contributed by atoms with Crippen LogP contribution in [0.15, 0.2) is 28.9 Å². The molecule has 192 valence electrons. The number of hydrogen-bond acceptors (Lipinski definition) is 6. The monoisotopic (exact) mass is 502 g/mol. The number of ether oxygens (including phenoxy) is 1. The highest BCUT2D eigenvalue weighted by molar-refractivity contribution is 6.48. The highest BCUT2D eigenvalue weighted by Gasteiger charge is 2.34. The van der Waals surface area contributed by atoms with Crippen LogP contribution in [-0.4, -0.2) is 33.9 Å². The minimum absolute atomic E-state index is 0.0522. The van der Waals surface area contributed by atoms with Gasteiger partial charge < -0.3 is 24.2 Å². The van der Waals surface area contributed by atoms with Crippen LogP contribution in [0.4, 0.5) is 11.4 Å². The van der Waals surface area contributed by atoms with Crippen molar-refractivity contribution in [2.24, 2.45) is 10.8 Å². The van der Waals surface area contributed by atoms with E-state index in [-0.39, 0.29) is 40.3 Å². The maximum atomic E-state index is 12.9. The Balaban J connectivity index is 2.82. The standard InChI is InChI=1S/C26H38N2O6Si/c1-15(29)27-20-16(17-13-14-33-21(17)22(25(2,3)4)34-35(9)10)11-12-18(19(20)23(30)32-8)28-24(31)26(5,6)7/h11-14,22,35H,1-10H3,(H,27,29)(H,28,31). The average Bonchev–Trinajstić information content (AvgIpc) is 3.18. The minimum Gasteiger partial charge on any atom is -0.466 e. The third-order valence-corrected chi connectivity index (χ3v) is 6.06. The molecular formula is C26H38N2O6Si. The third kappa shape index (κ3) is 6.82. The molecule has 2 aromatic rings. The van der Waals surface area contributed by atoms with Crippen LogP contribution in [-0.2, 0) is 18.8 Å². The van der Waals surface area contributed by atoms with E-state index in [0.29, 0.717) is 16.9 Å². The van der Waals surface area contributed by atoms with E-state index >= 15 is 0 Å². The second-order valence-corrected chi connectivity index (χ2v) is 13.3. The van der Waals surface area contributed by atoms with Gasteiger partial charge in [0.25, 0.3) is 0 Å². The molecule has 0 bridgehead atoms. The molecule has 0 aliphatic carbocycles. The quantitative estimate of drug-likeness (QED) is 0.368. The maximum absolute atomic E-state index is 12.9. The van der Waals surface area contributed by atoms with E-state index in [1.54, 1.807) is 45.2 Å². The fourth-order valence-electron chi connectivity index (χ4n) is 3.54. The van der Waals surface area contributed by atoms with Gasteiger partial charge in [-0.25, -0.2) is 4.79 Å². The first-order chi connectivity index (χ1) is 16.1. The molecule has 8 nitrogen and oxygen atoms in total. The Labute approximate surface area is 209 Å². The van der Waals surface area contributed by atoms with Gasteiger partial charge in [-0.3, -0.25) is 9.59 Å². The van der Waals surface area contributed by atoms with Gasteiger partial charge in [-0.05, 0) is 30.6 Å². The number of amides is 2. The van der Waals surface area contributed by atoms with Gasteiger partial charge in [0.2, 0.25) is 11.8 Å². The third-order valence-electron chi connectivity index (χ3n) is 5.24. The minimum atomic E-state index is -1.45. The summed E-state index contributed by atoms with van der Waals surface area (Å²) in [6.07, 6.45) is 1.23. The second kappa shape index (κ2) is 10.8. The molecule has 0 aliphatic rings. The number of furan rings is 1. The van der Waals surface area contributed by atoms with Crippen molar-refractivity contribution in [3.63, 3.8) is 0 Å². The Hall–Kier alpha value is -2.91. The topological polar surface area (TPSA) is 107 Å². The summed E-state index contributed by atoms with van der Waals surface area (Å²) in [5.41, 5.74) is 0.792. The number of esters is 1. The number of benzene rings is 1. The lowest BCUT2D eigenvalue weighted by molar-refractivity contribution is -0.123. The van der Waals surface area contributed by atoms with Crippen molar-refractivity contribution in [3.05, 3.63) is 35.8 Å². The van der Waals surface area contributed by atoms with Crippen molar-refractivity contribution in [2.75, 3.05) is 17.7 Å². The van der Waals surface area contributed by atoms with Crippen LogP contribution in [0, 0.1) is 10.8 Å². The molecule has 2 rings (SSSR count). The summed E-state index contributed by atoms with van der Waals surface area (Å²) in [6, 6.07) is 5.17. The van der Waals surface area contributed by atoms with E-state index in [1.807, 2.05) is 0 Å². The number of carbonyl (C=O) groups is 3. The van der Waals surface area contributed by atoms with E-state index in [0.717, 1.165) is 0 Å². The molecule has 2 amide bonds. The molecule has 1 heterocycles. The largest absolute Gasteiger partial charge is 0.466 e. The lowest BCUT2D eigenvalue weighted by Crippen LogP contribution is -2.29. The Morgan fingerprint density at radius 1 is 0.971 bits per heavy atom. The summed E-state index contributed by atoms with van der Waals surface area (Å²) in [6.45, 7) is 17.1. The molecule has 1 atom stereocenters. The van der Waals surface area contributed by atoms with E-state index in [2.05, 4.69) is 44.5 Å². The zero-order chi connectivity index (χ0) is 26.7. The molecule has 0 saturated carbocycles. The van der Waals surface area contributed by atoms with E-state index in [1.165, 1.54) is 14.0 Å². The van der Waals surface area contributed by atoms with Crippen molar-refractivity contribution in [1.82, 2.24) is 0 Å². The molecule has 0 fully saturated rings. The van der Waals surface area contributed by atoms with Gasteiger partial charge in [0.05, 0.1) is 24.7 Å². The molecule has 35 heavy (non-hydrogen) atoms. The summed E-state index contributed by atoms with van der Waals surface area (Å²) in [4.78, 5) is 37.9. The Kier molecular flexibility index (Phi) is 8.73. The molecule has 0 spiro atoms. The molecule has 0 radical (unpaired) electrons. The second-order valence-electron chi connectivity index (χ2n) is 10.9. The Bertz CT molecular complexity index is 1090. The first kappa shape index (κ1) is 28.3. The molecule has 2 N–H and O–H groups in total. The van der Waals surface area contributed by atoms with Gasteiger partial charge >= 0.3 is 5.97 Å². The van der Waals surface area contributed by atoms with Crippen molar-refractivity contribution in [1.29, 1.82) is 0 Å². The zero-order valence-corrected chi connectivity index (χ0v) is 23.6.